The molecule has 1 saturated carbocycles. The van der Waals surface area contributed by atoms with Crippen LogP contribution in [-0.2, 0) is 9.47 Å². The molecule has 0 aromatic carbocycles. The molecule has 1 spiro atoms. The van der Waals surface area contributed by atoms with Crippen molar-refractivity contribution < 1.29 is 18.7 Å². The fourth-order valence-corrected chi connectivity index (χ4v) is 2.81. The van der Waals surface area contributed by atoms with Gasteiger partial charge in [0.2, 0.25) is 0 Å². The van der Waals surface area contributed by atoms with Crippen LogP contribution in [0.5, 0.6) is 0 Å². The predicted molar refractivity (Wildman–Crippen MR) is 68.6 cm³/mol. The van der Waals surface area contributed by atoms with E-state index in [9.17, 15) is 9.18 Å². The number of nitrogens with one attached hydrogen (secondary N) is 1. The van der Waals surface area contributed by atoms with Gasteiger partial charge < -0.3 is 14.8 Å². The number of hydrogen-bond acceptors (Lipinski definition) is 4. The molecule has 0 unspecified atom stereocenters. The molecule has 1 amide bonds. The third-order valence-corrected chi connectivity index (χ3v) is 3.91. The standard InChI is InChI=1S/C14H17FN2O3/c15-12-9-16-6-3-11(12)13(18)17-10-1-4-14(5-2-10)19-7-8-20-14/h3,6,9-10H,1-2,4-5,7-8H2,(H,17,18). The highest BCUT2D eigenvalue weighted by Gasteiger charge is 2.40. The molecule has 2 heterocycles. The van der Waals surface area contributed by atoms with Crippen molar-refractivity contribution in [2.75, 3.05) is 13.2 Å². The van der Waals surface area contributed by atoms with Crippen LogP contribution in [0.15, 0.2) is 18.5 Å². The summed E-state index contributed by atoms with van der Waals surface area (Å²) in [5.74, 6) is -1.43. The summed E-state index contributed by atoms with van der Waals surface area (Å²) in [6.45, 7) is 1.28. The molecule has 1 saturated heterocycles. The molecule has 1 N–H and O–H groups in total. The second-order valence-corrected chi connectivity index (χ2v) is 5.21. The Morgan fingerprint density at radius 2 is 2.05 bits per heavy atom. The number of carbonyl (C=O) groups is 1. The van der Waals surface area contributed by atoms with Crippen molar-refractivity contribution in [3.05, 3.63) is 29.8 Å². The van der Waals surface area contributed by atoms with Gasteiger partial charge in [-0.15, -0.1) is 0 Å². The molecule has 1 aromatic rings. The number of hydrogen-bond donors (Lipinski definition) is 1. The minimum Gasteiger partial charge on any atom is -0.349 e. The topological polar surface area (TPSA) is 60.5 Å². The molecule has 20 heavy (non-hydrogen) atoms. The van der Waals surface area contributed by atoms with Gasteiger partial charge in [0, 0.05) is 25.1 Å². The lowest BCUT2D eigenvalue weighted by atomic mass is 9.90. The minimum absolute atomic E-state index is 0.0356. The Bertz CT molecular complexity index is 493. The first kappa shape index (κ1) is 13.5. The van der Waals surface area contributed by atoms with Crippen molar-refractivity contribution >= 4 is 5.91 Å². The Morgan fingerprint density at radius 3 is 2.70 bits per heavy atom. The Labute approximate surface area is 116 Å². The van der Waals surface area contributed by atoms with Gasteiger partial charge in [-0.05, 0) is 18.9 Å². The monoisotopic (exact) mass is 280 g/mol. The van der Waals surface area contributed by atoms with Crippen molar-refractivity contribution in [2.45, 2.75) is 37.5 Å². The van der Waals surface area contributed by atoms with Gasteiger partial charge in [0.05, 0.1) is 25.0 Å². The number of amides is 1. The number of pyridine rings is 1. The van der Waals surface area contributed by atoms with Gasteiger partial charge in [-0.3, -0.25) is 9.78 Å². The SMILES string of the molecule is O=C(NC1CCC2(CC1)OCCO2)c1ccncc1F. The fraction of sp³-hybridized carbons (Fsp3) is 0.571. The van der Waals surface area contributed by atoms with Gasteiger partial charge in [0.25, 0.3) is 5.91 Å². The summed E-state index contributed by atoms with van der Waals surface area (Å²) in [6.07, 6.45) is 5.53. The van der Waals surface area contributed by atoms with Crippen molar-refractivity contribution in [2.24, 2.45) is 0 Å². The van der Waals surface area contributed by atoms with Crippen LogP contribution in [0.4, 0.5) is 4.39 Å². The van der Waals surface area contributed by atoms with Gasteiger partial charge in [-0.2, -0.15) is 0 Å². The van der Waals surface area contributed by atoms with Crippen LogP contribution in [0.3, 0.4) is 0 Å². The first-order valence-corrected chi connectivity index (χ1v) is 6.87. The van der Waals surface area contributed by atoms with Gasteiger partial charge >= 0.3 is 0 Å². The average Bonchev–Trinajstić information content (AvgIpc) is 2.90. The third-order valence-electron chi connectivity index (χ3n) is 3.91. The molecule has 2 aliphatic rings. The minimum atomic E-state index is -0.597. The largest absolute Gasteiger partial charge is 0.349 e. The molecule has 3 rings (SSSR count). The summed E-state index contributed by atoms with van der Waals surface area (Å²) in [6, 6.07) is 1.42. The van der Waals surface area contributed by atoms with Crippen LogP contribution in [-0.4, -0.2) is 35.9 Å². The van der Waals surface area contributed by atoms with Gasteiger partial charge in [-0.25, -0.2) is 4.39 Å². The maximum Gasteiger partial charge on any atom is 0.254 e. The third kappa shape index (κ3) is 2.66. The van der Waals surface area contributed by atoms with Gasteiger partial charge in [0.1, 0.15) is 0 Å². The summed E-state index contributed by atoms with van der Waals surface area (Å²) in [5, 5.41) is 2.86. The number of aromatic nitrogens is 1. The predicted octanol–water partition coefficient (Wildman–Crippen LogP) is 1.64. The molecule has 0 radical (unpaired) electrons. The van der Waals surface area contributed by atoms with E-state index in [1.165, 1.54) is 12.3 Å². The zero-order valence-electron chi connectivity index (χ0n) is 11.1. The molecule has 0 bridgehead atoms. The molecule has 1 aliphatic carbocycles. The van der Waals surface area contributed by atoms with Crippen molar-refractivity contribution in [1.29, 1.82) is 0 Å². The van der Waals surface area contributed by atoms with Crippen molar-refractivity contribution in [3.63, 3.8) is 0 Å². The molecular weight excluding hydrogens is 263 g/mol. The van der Waals surface area contributed by atoms with E-state index in [0.717, 1.165) is 31.9 Å². The molecule has 6 heteroatoms. The molecule has 1 aliphatic heterocycles. The Balaban J connectivity index is 1.57. The number of nitrogens with zero attached hydrogens (tertiary/aromatic N) is 1. The Hall–Kier alpha value is -1.53. The highest BCUT2D eigenvalue weighted by Crippen LogP contribution is 2.35. The van der Waals surface area contributed by atoms with E-state index in [4.69, 9.17) is 9.47 Å². The summed E-state index contributed by atoms with van der Waals surface area (Å²) in [4.78, 5) is 15.6. The van der Waals surface area contributed by atoms with Gasteiger partial charge in [-0.1, -0.05) is 0 Å². The number of ether oxygens (including phenoxy) is 2. The lowest BCUT2D eigenvalue weighted by Crippen LogP contribution is -2.44. The Kier molecular flexibility index (Phi) is 3.67. The van der Waals surface area contributed by atoms with E-state index in [2.05, 4.69) is 10.3 Å². The van der Waals surface area contributed by atoms with E-state index in [1.54, 1.807) is 0 Å². The number of carbonyl (C=O) groups excluding carboxylic acids is 1. The lowest BCUT2D eigenvalue weighted by molar-refractivity contribution is -0.179. The highest BCUT2D eigenvalue weighted by molar-refractivity contribution is 5.94. The molecular formula is C14H17FN2O3. The molecule has 2 fully saturated rings. The zero-order chi connectivity index (χ0) is 14.0. The molecule has 1 aromatic heterocycles. The average molecular weight is 280 g/mol. The van der Waals surface area contributed by atoms with Crippen LogP contribution >= 0.6 is 0 Å². The van der Waals surface area contributed by atoms with E-state index < -0.39 is 11.6 Å². The summed E-state index contributed by atoms with van der Waals surface area (Å²) in [5.41, 5.74) is 0.0358. The van der Waals surface area contributed by atoms with Crippen LogP contribution in [0.2, 0.25) is 0 Å². The first-order valence-electron chi connectivity index (χ1n) is 6.87. The van der Waals surface area contributed by atoms with Crippen LogP contribution in [0.1, 0.15) is 36.0 Å². The van der Waals surface area contributed by atoms with E-state index in [1.807, 2.05) is 0 Å². The maximum atomic E-state index is 13.5. The summed E-state index contributed by atoms with van der Waals surface area (Å²) < 4.78 is 24.7. The second-order valence-electron chi connectivity index (χ2n) is 5.21. The molecule has 0 atom stereocenters. The lowest BCUT2D eigenvalue weighted by Gasteiger charge is -2.35. The smallest absolute Gasteiger partial charge is 0.254 e. The van der Waals surface area contributed by atoms with Crippen LogP contribution in [0.25, 0.3) is 0 Å². The first-order chi connectivity index (χ1) is 9.69. The number of halogens is 1. The highest BCUT2D eigenvalue weighted by atomic mass is 19.1. The number of rotatable bonds is 2. The van der Waals surface area contributed by atoms with Crippen LogP contribution in [0, 0.1) is 5.82 Å². The van der Waals surface area contributed by atoms with Crippen molar-refractivity contribution in [1.82, 2.24) is 10.3 Å². The quantitative estimate of drug-likeness (QED) is 0.894. The molecule has 108 valence electrons. The summed E-state index contributed by atoms with van der Waals surface area (Å²) in [7, 11) is 0. The Morgan fingerprint density at radius 1 is 1.35 bits per heavy atom. The van der Waals surface area contributed by atoms with E-state index in [0.29, 0.717) is 13.2 Å². The maximum absolute atomic E-state index is 13.5. The zero-order valence-corrected chi connectivity index (χ0v) is 11.1. The summed E-state index contributed by atoms with van der Waals surface area (Å²) >= 11 is 0. The normalized spacial score (nSPS) is 22.1. The second kappa shape index (κ2) is 5.46. The fourth-order valence-electron chi connectivity index (χ4n) is 2.81. The van der Waals surface area contributed by atoms with Crippen molar-refractivity contribution in [3.8, 4) is 0 Å². The van der Waals surface area contributed by atoms with E-state index in [-0.39, 0.29) is 17.5 Å². The van der Waals surface area contributed by atoms with Gasteiger partial charge in [0.15, 0.2) is 11.6 Å². The van der Waals surface area contributed by atoms with Crippen LogP contribution < -0.4 is 5.32 Å². The van der Waals surface area contributed by atoms with E-state index >= 15 is 0 Å². The molecule has 5 nitrogen and oxygen atoms in total.